The summed E-state index contributed by atoms with van der Waals surface area (Å²) in [6, 6.07) is 2.95. The van der Waals surface area contributed by atoms with Crippen molar-refractivity contribution in [3.05, 3.63) is 22.9 Å². The molecule has 0 aliphatic heterocycles. The number of nitriles is 1. The van der Waals surface area contributed by atoms with E-state index >= 15 is 0 Å². The second-order valence-electron chi connectivity index (χ2n) is 2.95. The Morgan fingerprint density at radius 3 is 2.75 bits per heavy atom. The fourth-order valence-corrected chi connectivity index (χ4v) is 1.53. The smallest absolute Gasteiger partial charge is 0.264 e. The van der Waals surface area contributed by atoms with Crippen LogP contribution in [0.15, 0.2) is 6.07 Å². The molecule has 0 aliphatic carbocycles. The molecule has 0 aromatic carbocycles. The van der Waals surface area contributed by atoms with Gasteiger partial charge in [-0.2, -0.15) is 5.26 Å². The van der Waals surface area contributed by atoms with Crippen molar-refractivity contribution in [2.45, 2.75) is 18.7 Å². The van der Waals surface area contributed by atoms with Crippen LogP contribution >= 0.6 is 11.6 Å². The van der Waals surface area contributed by atoms with Crippen molar-refractivity contribution in [1.29, 1.82) is 5.26 Å². The third-order valence-electron chi connectivity index (χ3n) is 2.05. The summed E-state index contributed by atoms with van der Waals surface area (Å²) in [5.41, 5.74) is 0.204. The summed E-state index contributed by atoms with van der Waals surface area (Å²) in [6.45, 7) is 0. The topological polar surface area (TPSA) is 45.9 Å². The van der Waals surface area contributed by atoms with Crippen LogP contribution in [0.2, 0.25) is 0 Å². The summed E-state index contributed by atoms with van der Waals surface area (Å²) >= 11 is 5.60. The number of pyridine rings is 1. The predicted molar refractivity (Wildman–Crippen MR) is 54.6 cm³/mol. The number of halogens is 3. The molecule has 0 fully saturated rings. The summed E-state index contributed by atoms with van der Waals surface area (Å²) in [4.78, 5) is 3.93. The van der Waals surface area contributed by atoms with E-state index in [4.69, 9.17) is 21.6 Å². The van der Waals surface area contributed by atoms with Crippen LogP contribution in [-0.2, 0) is 12.3 Å². The zero-order chi connectivity index (χ0) is 12.1. The van der Waals surface area contributed by atoms with Gasteiger partial charge in [-0.15, -0.1) is 11.6 Å². The molecule has 0 saturated heterocycles. The zero-order valence-corrected chi connectivity index (χ0v) is 9.26. The molecular formula is C10H9ClF2N2O. The number of nitrogens with zero attached hydrogens (tertiary/aromatic N) is 2. The van der Waals surface area contributed by atoms with Gasteiger partial charge in [0.05, 0.1) is 31.2 Å². The number of ether oxygens (including phenoxy) is 1. The molecular weight excluding hydrogens is 238 g/mol. The van der Waals surface area contributed by atoms with Gasteiger partial charge in [-0.1, -0.05) is 0 Å². The van der Waals surface area contributed by atoms with Crippen LogP contribution in [0.25, 0.3) is 0 Å². The molecule has 0 amide bonds. The number of rotatable bonds is 4. The minimum absolute atomic E-state index is 0.0338. The molecule has 0 bridgehead atoms. The van der Waals surface area contributed by atoms with Gasteiger partial charge in [-0.05, 0) is 5.56 Å². The van der Waals surface area contributed by atoms with Crippen molar-refractivity contribution in [2.24, 2.45) is 0 Å². The molecule has 1 aromatic rings. The van der Waals surface area contributed by atoms with Crippen molar-refractivity contribution in [1.82, 2.24) is 4.98 Å². The largest absolute Gasteiger partial charge is 0.481 e. The number of aromatic nitrogens is 1. The maximum absolute atomic E-state index is 12.7. The summed E-state index contributed by atoms with van der Waals surface area (Å²) in [5.74, 6) is 0.0427. The van der Waals surface area contributed by atoms with E-state index in [0.717, 1.165) is 6.07 Å². The summed E-state index contributed by atoms with van der Waals surface area (Å²) in [7, 11) is 1.33. The molecule has 0 aliphatic rings. The number of hydrogen-bond donors (Lipinski definition) is 0. The number of hydrogen-bond acceptors (Lipinski definition) is 3. The van der Waals surface area contributed by atoms with Crippen molar-refractivity contribution >= 4 is 11.6 Å². The van der Waals surface area contributed by atoms with Gasteiger partial charge in [-0.3, -0.25) is 0 Å². The molecule has 0 atom stereocenters. The molecule has 1 rings (SSSR count). The highest BCUT2D eigenvalue weighted by molar-refractivity contribution is 6.17. The fraction of sp³-hybridized carbons (Fsp3) is 0.400. The fourth-order valence-electron chi connectivity index (χ4n) is 1.31. The predicted octanol–water partition coefficient (Wildman–Crippen LogP) is 2.83. The first-order valence-corrected chi connectivity index (χ1v) is 4.95. The minimum Gasteiger partial charge on any atom is -0.481 e. The average molecular weight is 247 g/mol. The highest BCUT2D eigenvalue weighted by Gasteiger charge is 2.19. The Bertz CT molecular complexity index is 418. The number of methoxy groups -OCH3 is 1. The van der Waals surface area contributed by atoms with Gasteiger partial charge in [-0.25, -0.2) is 13.8 Å². The molecule has 6 heteroatoms. The first-order valence-electron chi connectivity index (χ1n) is 4.41. The maximum atomic E-state index is 12.7. The van der Waals surface area contributed by atoms with E-state index in [1.807, 2.05) is 6.07 Å². The summed E-state index contributed by atoms with van der Waals surface area (Å²) in [6.07, 6.45) is -2.82. The third-order valence-corrected chi connectivity index (χ3v) is 2.30. The highest BCUT2D eigenvalue weighted by Crippen LogP contribution is 2.29. The normalized spacial score (nSPS) is 10.2. The van der Waals surface area contributed by atoms with E-state index in [0.29, 0.717) is 0 Å². The van der Waals surface area contributed by atoms with Crippen LogP contribution in [0.3, 0.4) is 0 Å². The Balaban J connectivity index is 3.36. The lowest BCUT2D eigenvalue weighted by Gasteiger charge is -2.11. The van der Waals surface area contributed by atoms with Gasteiger partial charge in [0.15, 0.2) is 0 Å². The van der Waals surface area contributed by atoms with Crippen molar-refractivity contribution in [3.63, 3.8) is 0 Å². The van der Waals surface area contributed by atoms with Crippen LogP contribution in [0.1, 0.15) is 23.2 Å². The molecule has 1 aromatic heterocycles. The molecule has 0 radical (unpaired) electrons. The molecule has 0 spiro atoms. The Labute approximate surface area is 96.6 Å². The monoisotopic (exact) mass is 246 g/mol. The lowest BCUT2D eigenvalue weighted by molar-refractivity contribution is 0.149. The molecule has 1 heterocycles. The highest BCUT2D eigenvalue weighted by atomic mass is 35.5. The Morgan fingerprint density at radius 1 is 1.62 bits per heavy atom. The minimum atomic E-state index is -2.68. The molecule has 3 nitrogen and oxygen atoms in total. The van der Waals surface area contributed by atoms with E-state index in [1.54, 1.807) is 0 Å². The molecule has 16 heavy (non-hydrogen) atoms. The van der Waals surface area contributed by atoms with Gasteiger partial charge in [0, 0.05) is 11.6 Å². The standard InChI is InChI=1S/C10H9ClF2N2O/c1-16-9-4-7(10(12)13)6(2-3-14)8(5-11)15-9/h4,10H,2,5H2,1H3. The van der Waals surface area contributed by atoms with E-state index in [1.165, 1.54) is 7.11 Å². The lowest BCUT2D eigenvalue weighted by atomic mass is 10.0. The van der Waals surface area contributed by atoms with Crippen molar-refractivity contribution < 1.29 is 13.5 Å². The van der Waals surface area contributed by atoms with Gasteiger partial charge < -0.3 is 4.74 Å². The van der Waals surface area contributed by atoms with Crippen molar-refractivity contribution in [3.8, 4) is 11.9 Å². The first kappa shape index (κ1) is 12.7. The first-order chi connectivity index (χ1) is 7.63. The molecule has 0 unspecified atom stereocenters. The SMILES string of the molecule is COc1cc(C(F)F)c(CC#N)c(CCl)n1. The van der Waals surface area contributed by atoms with Gasteiger partial charge >= 0.3 is 0 Å². The van der Waals surface area contributed by atoms with E-state index in [2.05, 4.69) is 4.98 Å². The second-order valence-corrected chi connectivity index (χ2v) is 3.22. The Kier molecular flexibility index (Phi) is 4.44. The average Bonchev–Trinajstić information content (AvgIpc) is 2.29. The Hall–Kier alpha value is -1.41. The molecule has 0 N–H and O–H groups in total. The van der Waals surface area contributed by atoms with E-state index in [9.17, 15) is 8.78 Å². The zero-order valence-electron chi connectivity index (χ0n) is 8.51. The second kappa shape index (κ2) is 5.61. The van der Waals surface area contributed by atoms with Crippen LogP contribution in [-0.4, -0.2) is 12.1 Å². The van der Waals surface area contributed by atoms with Crippen LogP contribution in [0.4, 0.5) is 8.78 Å². The quantitative estimate of drug-likeness (QED) is 0.768. The van der Waals surface area contributed by atoms with Crippen LogP contribution < -0.4 is 4.74 Å². The Morgan fingerprint density at radius 2 is 2.31 bits per heavy atom. The van der Waals surface area contributed by atoms with Gasteiger partial charge in [0.1, 0.15) is 0 Å². The third kappa shape index (κ3) is 2.58. The number of alkyl halides is 3. The maximum Gasteiger partial charge on any atom is 0.264 e. The van der Waals surface area contributed by atoms with E-state index in [-0.39, 0.29) is 35.0 Å². The van der Waals surface area contributed by atoms with Crippen LogP contribution in [0.5, 0.6) is 5.88 Å². The molecule has 86 valence electrons. The van der Waals surface area contributed by atoms with Crippen LogP contribution in [0, 0.1) is 11.3 Å². The molecule has 0 saturated carbocycles. The van der Waals surface area contributed by atoms with Crippen molar-refractivity contribution in [2.75, 3.05) is 7.11 Å². The lowest BCUT2D eigenvalue weighted by Crippen LogP contribution is -2.04. The summed E-state index contributed by atoms with van der Waals surface area (Å²) < 4.78 is 30.3. The van der Waals surface area contributed by atoms with Gasteiger partial charge in [0.2, 0.25) is 5.88 Å². The summed E-state index contributed by atoms with van der Waals surface area (Å²) in [5, 5.41) is 8.58. The van der Waals surface area contributed by atoms with E-state index < -0.39 is 6.43 Å². The van der Waals surface area contributed by atoms with Gasteiger partial charge in [0.25, 0.3) is 6.43 Å².